The van der Waals surface area contributed by atoms with Crippen LogP contribution in [-0.4, -0.2) is 5.78 Å². The Balaban J connectivity index is 3.04. The molecule has 0 bridgehead atoms. The zero-order valence-corrected chi connectivity index (χ0v) is 10.3. The lowest BCUT2D eigenvalue weighted by molar-refractivity contribution is -0.128. The maximum atomic E-state index is 12.2. The van der Waals surface area contributed by atoms with Crippen LogP contribution in [0.4, 0.5) is 0 Å². The van der Waals surface area contributed by atoms with E-state index in [9.17, 15) is 4.79 Å². The molecule has 0 aromatic rings. The molecular weight excluding hydrogens is 184 g/mol. The summed E-state index contributed by atoms with van der Waals surface area (Å²) >= 11 is 0. The molecule has 1 aliphatic carbocycles. The topological polar surface area (TPSA) is 17.1 Å². The fraction of sp³-hybridized carbons (Fsp3) is 0.643. The van der Waals surface area contributed by atoms with Gasteiger partial charge in [-0.3, -0.25) is 4.79 Å². The Labute approximate surface area is 93.3 Å². The van der Waals surface area contributed by atoms with Gasteiger partial charge in [0.25, 0.3) is 0 Å². The molecule has 0 aliphatic heterocycles. The van der Waals surface area contributed by atoms with E-state index in [4.69, 9.17) is 0 Å². The van der Waals surface area contributed by atoms with Crippen molar-refractivity contribution in [2.75, 3.05) is 0 Å². The Morgan fingerprint density at radius 2 is 2.27 bits per heavy atom. The largest absolute Gasteiger partial charge is 0.294 e. The van der Waals surface area contributed by atoms with Crippen LogP contribution >= 0.6 is 0 Å². The van der Waals surface area contributed by atoms with Crippen LogP contribution in [0.2, 0.25) is 0 Å². The van der Waals surface area contributed by atoms with E-state index in [0.717, 1.165) is 12.8 Å². The van der Waals surface area contributed by atoms with Crippen molar-refractivity contribution in [3.05, 3.63) is 24.3 Å². The first-order chi connectivity index (χ1) is 7.07. The number of rotatable bonds is 3. The van der Waals surface area contributed by atoms with Crippen LogP contribution in [0, 0.1) is 17.3 Å². The second-order valence-corrected chi connectivity index (χ2v) is 4.73. The van der Waals surface area contributed by atoms with Crippen molar-refractivity contribution in [3.8, 4) is 0 Å². The van der Waals surface area contributed by atoms with E-state index in [2.05, 4.69) is 32.9 Å². The lowest BCUT2D eigenvalue weighted by Gasteiger charge is -2.41. The van der Waals surface area contributed by atoms with Crippen LogP contribution in [0.15, 0.2) is 24.3 Å². The van der Waals surface area contributed by atoms with Crippen molar-refractivity contribution in [2.24, 2.45) is 17.3 Å². The van der Waals surface area contributed by atoms with Gasteiger partial charge in [0.2, 0.25) is 0 Å². The molecule has 0 aromatic heterocycles. The van der Waals surface area contributed by atoms with Crippen LogP contribution in [0.5, 0.6) is 0 Å². The second-order valence-electron chi connectivity index (χ2n) is 4.73. The number of hydrogen-bond acceptors (Lipinski definition) is 1. The van der Waals surface area contributed by atoms with Crippen molar-refractivity contribution in [2.45, 2.75) is 40.5 Å². The number of carbonyl (C=O) groups is 1. The van der Waals surface area contributed by atoms with Gasteiger partial charge in [-0.05, 0) is 37.7 Å². The third kappa shape index (κ3) is 2.06. The zero-order valence-electron chi connectivity index (χ0n) is 10.3. The monoisotopic (exact) mass is 206 g/mol. The molecule has 3 unspecified atom stereocenters. The highest BCUT2D eigenvalue weighted by Crippen LogP contribution is 2.44. The van der Waals surface area contributed by atoms with Crippen molar-refractivity contribution < 1.29 is 4.79 Å². The van der Waals surface area contributed by atoms with Gasteiger partial charge in [0.1, 0.15) is 0 Å². The van der Waals surface area contributed by atoms with E-state index in [1.165, 1.54) is 0 Å². The first kappa shape index (κ1) is 12.2. The van der Waals surface area contributed by atoms with Gasteiger partial charge in [0.05, 0.1) is 0 Å². The van der Waals surface area contributed by atoms with Crippen molar-refractivity contribution >= 4 is 5.78 Å². The Morgan fingerprint density at radius 1 is 1.60 bits per heavy atom. The number of hydrogen-bond donors (Lipinski definition) is 0. The molecule has 1 nitrogen and oxygen atoms in total. The van der Waals surface area contributed by atoms with E-state index < -0.39 is 0 Å². The molecule has 1 rings (SSSR count). The summed E-state index contributed by atoms with van der Waals surface area (Å²) in [5, 5.41) is 0. The normalized spacial score (nSPS) is 36.0. The summed E-state index contributed by atoms with van der Waals surface area (Å²) in [5.74, 6) is 1.12. The first-order valence-corrected chi connectivity index (χ1v) is 5.91. The maximum absolute atomic E-state index is 12.2. The van der Waals surface area contributed by atoms with Crippen molar-refractivity contribution in [1.82, 2.24) is 0 Å². The molecule has 0 aromatic carbocycles. The van der Waals surface area contributed by atoms with Crippen molar-refractivity contribution in [3.63, 3.8) is 0 Å². The third-order valence-corrected chi connectivity index (χ3v) is 3.94. The average Bonchev–Trinajstić information content (AvgIpc) is 2.22. The maximum Gasteiger partial charge on any atom is 0.162 e. The van der Waals surface area contributed by atoms with Gasteiger partial charge in [0, 0.05) is 5.41 Å². The molecule has 1 heteroatoms. The minimum atomic E-state index is -0.198. The average molecular weight is 206 g/mol. The summed E-state index contributed by atoms with van der Waals surface area (Å²) in [6.45, 7) is 8.38. The molecule has 0 radical (unpaired) electrons. The summed E-state index contributed by atoms with van der Waals surface area (Å²) in [4.78, 5) is 12.2. The quantitative estimate of drug-likeness (QED) is 0.507. The van der Waals surface area contributed by atoms with Gasteiger partial charge in [0.15, 0.2) is 5.78 Å². The smallest absolute Gasteiger partial charge is 0.162 e. The fourth-order valence-electron chi connectivity index (χ4n) is 2.57. The number of allylic oxidation sites excluding steroid dienone is 4. The second kappa shape index (κ2) is 4.78. The van der Waals surface area contributed by atoms with Crippen LogP contribution in [0.1, 0.15) is 40.5 Å². The minimum Gasteiger partial charge on any atom is -0.294 e. The standard InChI is InChI=1S/C14H22O/c1-5-8-13(15)14(4)11(3)9-7-10-12(14)6-2/h5,7-8,10-12H,6,9H2,1-4H3/b8-5+. The van der Waals surface area contributed by atoms with E-state index in [1.54, 1.807) is 6.08 Å². The molecule has 0 fully saturated rings. The van der Waals surface area contributed by atoms with Crippen LogP contribution in [-0.2, 0) is 4.79 Å². The van der Waals surface area contributed by atoms with E-state index in [0.29, 0.717) is 11.8 Å². The molecule has 84 valence electrons. The summed E-state index contributed by atoms with van der Waals surface area (Å²) in [7, 11) is 0. The predicted octanol–water partition coefficient (Wildman–Crippen LogP) is 3.76. The zero-order chi connectivity index (χ0) is 11.5. The van der Waals surface area contributed by atoms with Gasteiger partial charge in [-0.1, -0.05) is 39.0 Å². The highest BCUT2D eigenvalue weighted by molar-refractivity contribution is 5.95. The summed E-state index contributed by atoms with van der Waals surface area (Å²) < 4.78 is 0. The molecule has 0 heterocycles. The molecule has 15 heavy (non-hydrogen) atoms. The lowest BCUT2D eigenvalue weighted by Crippen LogP contribution is -2.41. The van der Waals surface area contributed by atoms with Gasteiger partial charge < -0.3 is 0 Å². The molecule has 0 amide bonds. The molecule has 0 N–H and O–H groups in total. The Hall–Kier alpha value is -0.850. The molecule has 0 saturated heterocycles. The van der Waals surface area contributed by atoms with E-state index in [-0.39, 0.29) is 11.2 Å². The Morgan fingerprint density at radius 3 is 2.80 bits per heavy atom. The van der Waals surface area contributed by atoms with Crippen molar-refractivity contribution in [1.29, 1.82) is 0 Å². The highest BCUT2D eigenvalue weighted by Gasteiger charge is 2.43. The third-order valence-electron chi connectivity index (χ3n) is 3.94. The number of carbonyl (C=O) groups excluding carboxylic acids is 1. The van der Waals surface area contributed by atoms with Crippen LogP contribution < -0.4 is 0 Å². The SMILES string of the molecule is C/C=C/C(=O)C1(C)C(C)CC=CC1CC. The van der Waals surface area contributed by atoms with Gasteiger partial charge in [-0.25, -0.2) is 0 Å². The molecule has 1 aliphatic rings. The van der Waals surface area contributed by atoms with E-state index >= 15 is 0 Å². The molecular formula is C14H22O. The predicted molar refractivity (Wildman–Crippen MR) is 64.6 cm³/mol. The van der Waals surface area contributed by atoms with Gasteiger partial charge >= 0.3 is 0 Å². The highest BCUT2D eigenvalue weighted by atomic mass is 16.1. The lowest BCUT2D eigenvalue weighted by atomic mass is 9.61. The Kier molecular flexibility index (Phi) is 3.90. The van der Waals surface area contributed by atoms with Crippen LogP contribution in [0.3, 0.4) is 0 Å². The Bertz CT molecular complexity index is 288. The van der Waals surface area contributed by atoms with E-state index in [1.807, 2.05) is 13.0 Å². The molecule has 3 atom stereocenters. The number of ketones is 1. The van der Waals surface area contributed by atoms with Gasteiger partial charge in [-0.15, -0.1) is 0 Å². The summed E-state index contributed by atoms with van der Waals surface area (Å²) in [5.41, 5.74) is -0.198. The summed E-state index contributed by atoms with van der Waals surface area (Å²) in [6.07, 6.45) is 10.1. The molecule has 0 saturated carbocycles. The summed E-state index contributed by atoms with van der Waals surface area (Å²) in [6, 6.07) is 0. The minimum absolute atomic E-state index is 0.198. The fourth-order valence-corrected chi connectivity index (χ4v) is 2.57. The first-order valence-electron chi connectivity index (χ1n) is 5.91. The molecule has 0 spiro atoms. The van der Waals surface area contributed by atoms with Crippen LogP contribution in [0.25, 0.3) is 0 Å². The van der Waals surface area contributed by atoms with Gasteiger partial charge in [-0.2, -0.15) is 0 Å².